The molecule has 1 rings (SSSR count). The molecule has 0 unspecified atom stereocenters. The zero-order valence-corrected chi connectivity index (χ0v) is 10.1. The Morgan fingerprint density at radius 2 is 2.20 bits per heavy atom. The van der Waals surface area contributed by atoms with Gasteiger partial charge in [-0.05, 0) is 36.3 Å². The molecule has 2 nitrogen and oxygen atoms in total. The highest BCUT2D eigenvalue weighted by atomic mass is 16.5. The number of allylic oxidation sites excluding steroid dienone is 2. The van der Waals surface area contributed by atoms with Gasteiger partial charge in [-0.2, -0.15) is 0 Å². The number of carbonyl (C=O) groups excluding carboxylic acids is 1. The van der Waals surface area contributed by atoms with Crippen molar-refractivity contribution >= 4 is 5.97 Å². The zero-order valence-electron chi connectivity index (χ0n) is 10.1. The fourth-order valence-electron chi connectivity index (χ4n) is 2.34. The third kappa shape index (κ3) is 2.49. The molecule has 0 saturated carbocycles. The van der Waals surface area contributed by atoms with E-state index < -0.39 is 0 Å². The van der Waals surface area contributed by atoms with Crippen LogP contribution in [0, 0.1) is 5.41 Å². The summed E-state index contributed by atoms with van der Waals surface area (Å²) in [5.74, 6) is -0.206. The Kier molecular flexibility index (Phi) is 3.38. The Bertz CT molecular complexity index is 310. The average Bonchev–Trinajstić information content (AvgIpc) is 2.10. The quantitative estimate of drug-likeness (QED) is 0.651. The van der Waals surface area contributed by atoms with E-state index in [2.05, 4.69) is 20.4 Å². The molecule has 2 heteroatoms. The fourth-order valence-corrected chi connectivity index (χ4v) is 2.34. The Labute approximate surface area is 92.0 Å². The van der Waals surface area contributed by atoms with Gasteiger partial charge in [-0.3, -0.25) is 4.79 Å². The lowest BCUT2D eigenvalue weighted by atomic mass is 9.72. The molecular weight excluding hydrogens is 188 g/mol. The summed E-state index contributed by atoms with van der Waals surface area (Å²) in [6, 6.07) is 0. The van der Waals surface area contributed by atoms with Crippen molar-refractivity contribution in [3.63, 3.8) is 0 Å². The lowest BCUT2D eigenvalue weighted by Gasteiger charge is -2.36. The number of carbonyl (C=O) groups is 1. The van der Waals surface area contributed by atoms with E-state index in [4.69, 9.17) is 4.74 Å². The normalized spacial score (nSPS) is 24.9. The van der Waals surface area contributed by atoms with Gasteiger partial charge < -0.3 is 4.74 Å². The molecule has 0 amide bonds. The zero-order chi connectivity index (χ0) is 11.6. The molecular formula is C13H20O2. The Hall–Kier alpha value is -1.05. The van der Waals surface area contributed by atoms with Crippen molar-refractivity contribution < 1.29 is 9.53 Å². The van der Waals surface area contributed by atoms with E-state index in [-0.39, 0.29) is 17.5 Å². The summed E-state index contributed by atoms with van der Waals surface area (Å²) in [7, 11) is 0. The van der Waals surface area contributed by atoms with Crippen LogP contribution in [0.3, 0.4) is 0 Å². The summed E-state index contributed by atoms with van der Waals surface area (Å²) < 4.78 is 5.28. The first-order valence-corrected chi connectivity index (χ1v) is 5.39. The first-order chi connectivity index (χ1) is 6.88. The van der Waals surface area contributed by atoms with Crippen molar-refractivity contribution in [1.82, 2.24) is 0 Å². The second-order valence-electron chi connectivity index (χ2n) is 4.82. The van der Waals surface area contributed by atoms with Gasteiger partial charge in [-0.15, -0.1) is 0 Å². The molecule has 1 atom stereocenters. The third-order valence-electron chi connectivity index (χ3n) is 3.18. The van der Waals surface area contributed by atoms with Gasteiger partial charge in [0.2, 0.25) is 0 Å². The van der Waals surface area contributed by atoms with Gasteiger partial charge >= 0.3 is 5.97 Å². The van der Waals surface area contributed by atoms with Gasteiger partial charge in [-0.1, -0.05) is 26.5 Å². The lowest BCUT2D eigenvalue weighted by Crippen LogP contribution is -2.30. The molecule has 0 spiro atoms. The predicted molar refractivity (Wildman–Crippen MR) is 61.5 cm³/mol. The summed E-state index contributed by atoms with van der Waals surface area (Å²) in [6.45, 7) is 11.7. The molecule has 0 heterocycles. The minimum absolute atomic E-state index is 0.0523. The molecule has 1 aliphatic rings. The van der Waals surface area contributed by atoms with Crippen molar-refractivity contribution in [3.8, 4) is 0 Å². The molecule has 0 bridgehead atoms. The van der Waals surface area contributed by atoms with Gasteiger partial charge in [-0.25, -0.2) is 0 Å². The number of rotatable bonds is 2. The maximum absolute atomic E-state index is 10.9. The maximum Gasteiger partial charge on any atom is 0.303 e. The number of hydrogen-bond donors (Lipinski definition) is 0. The minimum Gasteiger partial charge on any atom is -0.458 e. The second-order valence-corrected chi connectivity index (χ2v) is 4.82. The van der Waals surface area contributed by atoms with Gasteiger partial charge in [0.25, 0.3) is 0 Å². The first-order valence-electron chi connectivity index (χ1n) is 5.39. The van der Waals surface area contributed by atoms with E-state index in [0.29, 0.717) is 0 Å². The highest BCUT2D eigenvalue weighted by molar-refractivity contribution is 5.66. The van der Waals surface area contributed by atoms with E-state index in [0.717, 1.165) is 18.4 Å². The van der Waals surface area contributed by atoms with Crippen molar-refractivity contribution in [2.75, 3.05) is 0 Å². The van der Waals surface area contributed by atoms with E-state index in [1.54, 1.807) is 0 Å². The van der Waals surface area contributed by atoms with Crippen molar-refractivity contribution in [3.05, 3.63) is 23.8 Å². The highest BCUT2D eigenvalue weighted by Gasteiger charge is 2.32. The van der Waals surface area contributed by atoms with Crippen LogP contribution in [0.15, 0.2) is 23.8 Å². The summed E-state index contributed by atoms with van der Waals surface area (Å²) in [5.41, 5.74) is 2.53. The molecule has 0 aromatic heterocycles. The number of hydrogen-bond acceptors (Lipinski definition) is 2. The Morgan fingerprint density at radius 1 is 1.60 bits per heavy atom. The monoisotopic (exact) mass is 208 g/mol. The predicted octanol–water partition coefficient (Wildman–Crippen LogP) is 3.24. The standard InChI is InChI=1S/C13H20O2/c1-6-11-9(2)12(15-10(3)14)7-8-13(11,4)5/h6,12H,1,7-8H2,2-5H3/t12-/m0/s1. The van der Waals surface area contributed by atoms with Crippen LogP contribution in [0.4, 0.5) is 0 Å². The van der Waals surface area contributed by atoms with Crippen molar-refractivity contribution in [2.45, 2.75) is 46.6 Å². The highest BCUT2D eigenvalue weighted by Crippen LogP contribution is 2.41. The molecule has 0 radical (unpaired) electrons. The van der Waals surface area contributed by atoms with Crippen LogP contribution in [0.1, 0.15) is 40.5 Å². The smallest absolute Gasteiger partial charge is 0.303 e. The van der Waals surface area contributed by atoms with Crippen LogP contribution in [0.25, 0.3) is 0 Å². The molecule has 0 fully saturated rings. The van der Waals surface area contributed by atoms with Crippen molar-refractivity contribution in [2.24, 2.45) is 5.41 Å². The van der Waals surface area contributed by atoms with Crippen LogP contribution in [0.2, 0.25) is 0 Å². The van der Waals surface area contributed by atoms with Crippen molar-refractivity contribution in [1.29, 1.82) is 0 Å². The van der Waals surface area contributed by atoms with Crippen LogP contribution in [-0.4, -0.2) is 12.1 Å². The number of ether oxygens (including phenoxy) is 1. The number of esters is 1. The Balaban J connectivity index is 2.99. The van der Waals surface area contributed by atoms with E-state index in [1.807, 2.05) is 13.0 Å². The molecule has 1 aliphatic carbocycles. The summed E-state index contributed by atoms with van der Waals surface area (Å²) >= 11 is 0. The summed E-state index contributed by atoms with van der Waals surface area (Å²) in [6.07, 6.45) is 3.79. The largest absolute Gasteiger partial charge is 0.458 e. The molecule has 15 heavy (non-hydrogen) atoms. The topological polar surface area (TPSA) is 26.3 Å². The van der Waals surface area contributed by atoms with Gasteiger partial charge in [0.05, 0.1) is 0 Å². The van der Waals surface area contributed by atoms with Gasteiger partial charge in [0, 0.05) is 6.92 Å². The molecule has 84 valence electrons. The molecule has 0 aromatic rings. The molecule has 0 aliphatic heterocycles. The van der Waals surface area contributed by atoms with Crippen LogP contribution < -0.4 is 0 Å². The minimum atomic E-state index is -0.206. The SMILES string of the molecule is C=CC1=C(C)[C@@H](OC(C)=O)CCC1(C)C. The van der Waals surface area contributed by atoms with Crippen LogP contribution >= 0.6 is 0 Å². The van der Waals surface area contributed by atoms with E-state index in [1.165, 1.54) is 12.5 Å². The van der Waals surface area contributed by atoms with E-state index >= 15 is 0 Å². The first kappa shape index (κ1) is 12.0. The molecule has 0 aromatic carbocycles. The second kappa shape index (κ2) is 4.21. The van der Waals surface area contributed by atoms with Gasteiger partial charge in [0.1, 0.15) is 6.10 Å². The third-order valence-corrected chi connectivity index (χ3v) is 3.18. The maximum atomic E-state index is 10.9. The summed E-state index contributed by atoms with van der Waals surface area (Å²) in [4.78, 5) is 10.9. The van der Waals surface area contributed by atoms with Gasteiger partial charge in [0.15, 0.2) is 0 Å². The Morgan fingerprint density at radius 3 is 2.67 bits per heavy atom. The van der Waals surface area contributed by atoms with E-state index in [9.17, 15) is 4.79 Å². The lowest BCUT2D eigenvalue weighted by molar-refractivity contribution is -0.145. The summed E-state index contributed by atoms with van der Waals surface area (Å²) in [5, 5.41) is 0. The average molecular weight is 208 g/mol. The van der Waals surface area contributed by atoms with Crippen LogP contribution in [-0.2, 0) is 9.53 Å². The molecule has 0 N–H and O–H groups in total. The van der Waals surface area contributed by atoms with Crippen LogP contribution in [0.5, 0.6) is 0 Å². The fraction of sp³-hybridized carbons (Fsp3) is 0.615. The molecule has 0 saturated heterocycles.